The van der Waals surface area contributed by atoms with Gasteiger partial charge in [0.1, 0.15) is 5.75 Å². The summed E-state index contributed by atoms with van der Waals surface area (Å²) in [5.74, 6) is 1.58. The number of rotatable bonds is 7. The molecule has 1 aliphatic rings. The Morgan fingerprint density at radius 1 is 1.06 bits per heavy atom. The van der Waals surface area contributed by atoms with Crippen LogP contribution in [0.15, 0.2) is 78.2 Å². The maximum absolute atomic E-state index is 13.5. The Bertz CT molecular complexity index is 1310. The van der Waals surface area contributed by atoms with E-state index in [4.69, 9.17) is 4.74 Å². The summed E-state index contributed by atoms with van der Waals surface area (Å²) >= 11 is 1.42. The predicted octanol–water partition coefficient (Wildman–Crippen LogP) is 5.19. The molecule has 0 N–H and O–H groups in total. The Morgan fingerprint density at radius 3 is 2.60 bits per heavy atom. The molecule has 0 aliphatic carbocycles. The molecule has 0 spiro atoms. The predicted molar refractivity (Wildman–Crippen MR) is 138 cm³/mol. The van der Waals surface area contributed by atoms with Gasteiger partial charge in [-0.15, -0.1) is 10.2 Å². The van der Waals surface area contributed by atoms with Gasteiger partial charge in [-0.2, -0.15) is 0 Å². The second kappa shape index (κ2) is 10.3. The van der Waals surface area contributed by atoms with E-state index in [-0.39, 0.29) is 11.2 Å². The minimum absolute atomic E-state index is 0.0776. The summed E-state index contributed by atoms with van der Waals surface area (Å²) in [6.07, 6.45) is 5.44. The molecule has 2 aromatic heterocycles. The third-order valence-corrected chi connectivity index (χ3v) is 7.01. The van der Waals surface area contributed by atoms with Crippen molar-refractivity contribution in [2.24, 2.45) is 0 Å². The second-order valence-corrected chi connectivity index (χ2v) is 9.59. The molecular weight excluding hydrogens is 458 g/mol. The van der Waals surface area contributed by atoms with Crippen molar-refractivity contribution in [1.29, 1.82) is 0 Å². The molecule has 1 aliphatic heterocycles. The van der Waals surface area contributed by atoms with Crippen molar-refractivity contribution in [2.75, 3.05) is 18.1 Å². The van der Waals surface area contributed by atoms with Crippen LogP contribution in [0.3, 0.4) is 0 Å². The number of nitrogens with zero attached hydrogens (tertiary/aromatic N) is 5. The summed E-state index contributed by atoms with van der Waals surface area (Å²) in [5.41, 5.74) is 4.04. The Labute approximate surface area is 209 Å². The number of benzene rings is 2. The summed E-state index contributed by atoms with van der Waals surface area (Å²) in [7, 11) is 0. The van der Waals surface area contributed by atoms with E-state index in [2.05, 4.69) is 21.2 Å². The fourth-order valence-electron chi connectivity index (χ4n) is 4.32. The molecule has 0 saturated heterocycles. The van der Waals surface area contributed by atoms with E-state index in [1.807, 2.05) is 77.9 Å². The van der Waals surface area contributed by atoms with Crippen molar-refractivity contribution in [3.8, 4) is 22.8 Å². The third kappa shape index (κ3) is 4.79. The largest absolute Gasteiger partial charge is 0.494 e. The summed E-state index contributed by atoms with van der Waals surface area (Å²) in [5, 5.41) is 9.31. The number of anilines is 1. The average Bonchev–Trinajstić information content (AvgIpc) is 3.32. The summed E-state index contributed by atoms with van der Waals surface area (Å²) in [6, 6.07) is 19.8. The van der Waals surface area contributed by atoms with E-state index < -0.39 is 0 Å². The van der Waals surface area contributed by atoms with Crippen LogP contribution in [0.2, 0.25) is 0 Å². The lowest BCUT2D eigenvalue weighted by Crippen LogP contribution is -2.40. The summed E-state index contributed by atoms with van der Waals surface area (Å²) in [6.45, 7) is 5.24. The zero-order valence-corrected chi connectivity index (χ0v) is 20.6. The molecule has 0 bridgehead atoms. The first-order valence-electron chi connectivity index (χ1n) is 11.8. The molecule has 0 saturated carbocycles. The van der Waals surface area contributed by atoms with Crippen molar-refractivity contribution < 1.29 is 9.53 Å². The van der Waals surface area contributed by atoms with E-state index in [0.29, 0.717) is 17.6 Å². The van der Waals surface area contributed by atoms with Gasteiger partial charge in [0.15, 0.2) is 11.0 Å². The van der Waals surface area contributed by atoms with Crippen LogP contribution in [0.25, 0.3) is 17.1 Å². The highest BCUT2D eigenvalue weighted by molar-refractivity contribution is 8.00. The smallest absolute Gasteiger partial charge is 0.240 e. The fraction of sp³-hybridized carbons (Fsp3) is 0.259. The van der Waals surface area contributed by atoms with Crippen molar-refractivity contribution in [3.63, 3.8) is 0 Å². The van der Waals surface area contributed by atoms with Crippen LogP contribution < -0.4 is 9.64 Å². The highest BCUT2D eigenvalue weighted by atomic mass is 32.2. The molecule has 1 unspecified atom stereocenters. The van der Waals surface area contributed by atoms with Crippen LogP contribution in [0.4, 0.5) is 5.69 Å². The first kappa shape index (κ1) is 23.1. The number of para-hydroxylation sites is 1. The van der Waals surface area contributed by atoms with Gasteiger partial charge in [-0.25, -0.2) is 0 Å². The number of thioether (sulfide) groups is 1. The fourth-order valence-corrected chi connectivity index (χ4v) is 5.25. The van der Waals surface area contributed by atoms with Gasteiger partial charge in [-0.1, -0.05) is 30.0 Å². The van der Waals surface area contributed by atoms with E-state index in [9.17, 15) is 4.79 Å². The highest BCUT2D eigenvalue weighted by Crippen LogP contribution is 2.33. The number of hydrogen-bond donors (Lipinski definition) is 0. The monoisotopic (exact) mass is 485 g/mol. The van der Waals surface area contributed by atoms with Crippen molar-refractivity contribution in [3.05, 3.63) is 78.6 Å². The van der Waals surface area contributed by atoms with Gasteiger partial charge < -0.3 is 9.64 Å². The van der Waals surface area contributed by atoms with Gasteiger partial charge in [0.25, 0.3) is 0 Å². The first-order chi connectivity index (χ1) is 17.2. The lowest BCUT2D eigenvalue weighted by atomic mass is 10.0. The third-order valence-electron chi connectivity index (χ3n) is 5.98. The second-order valence-electron chi connectivity index (χ2n) is 8.29. The Kier molecular flexibility index (Phi) is 6.81. The van der Waals surface area contributed by atoms with Crippen LogP contribution in [0.1, 0.15) is 25.8 Å². The number of fused-ring (bicyclic) bond motifs is 1. The Balaban J connectivity index is 1.47. The summed E-state index contributed by atoms with van der Waals surface area (Å²) < 4.78 is 7.60. The molecule has 0 fully saturated rings. The number of pyridine rings is 1. The van der Waals surface area contributed by atoms with Crippen LogP contribution in [-0.4, -0.2) is 44.1 Å². The first-order valence-corrected chi connectivity index (χ1v) is 12.7. The molecule has 4 aromatic rings. The van der Waals surface area contributed by atoms with E-state index in [1.54, 1.807) is 12.4 Å². The van der Waals surface area contributed by atoms with Crippen molar-refractivity contribution in [1.82, 2.24) is 19.7 Å². The topological polar surface area (TPSA) is 73.1 Å². The summed E-state index contributed by atoms with van der Waals surface area (Å²) in [4.78, 5) is 19.6. The molecule has 2 aromatic carbocycles. The zero-order chi connectivity index (χ0) is 24.2. The molecule has 1 amide bonds. The standard InChI is InChI=1S/C27H27N5O2S/c1-3-34-23-12-10-22(11-13-23)32-25(21-14-16-28-17-15-21)29-30-27(32)35-19(2)26(33)31-18-6-8-20-7-4-5-9-24(20)31/h4-5,7,9-17,19H,3,6,8,18H2,1-2H3. The molecule has 8 heteroatoms. The van der Waals surface area contributed by atoms with E-state index in [1.165, 1.54) is 17.3 Å². The van der Waals surface area contributed by atoms with Gasteiger partial charge >= 0.3 is 0 Å². The SMILES string of the molecule is CCOc1ccc(-n2c(SC(C)C(=O)N3CCCc4ccccc43)nnc2-c2ccncc2)cc1. The van der Waals surface area contributed by atoms with E-state index in [0.717, 1.165) is 42.1 Å². The van der Waals surface area contributed by atoms with Crippen LogP contribution >= 0.6 is 11.8 Å². The quantitative estimate of drug-likeness (QED) is 0.336. The molecule has 178 valence electrons. The number of carbonyl (C=O) groups excluding carboxylic acids is 1. The number of amides is 1. The molecule has 1 atom stereocenters. The molecule has 7 nitrogen and oxygen atoms in total. The lowest BCUT2D eigenvalue weighted by molar-refractivity contribution is -0.117. The van der Waals surface area contributed by atoms with Crippen molar-refractivity contribution in [2.45, 2.75) is 37.1 Å². The minimum atomic E-state index is -0.336. The lowest BCUT2D eigenvalue weighted by Gasteiger charge is -2.31. The van der Waals surface area contributed by atoms with Crippen LogP contribution in [0, 0.1) is 0 Å². The van der Waals surface area contributed by atoms with Gasteiger partial charge in [0.2, 0.25) is 5.91 Å². The molecule has 3 heterocycles. The van der Waals surface area contributed by atoms with Gasteiger partial charge in [-0.05, 0) is 74.7 Å². The zero-order valence-electron chi connectivity index (χ0n) is 19.8. The number of aromatic nitrogens is 4. The number of aryl methyl sites for hydroxylation is 1. The highest BCUT2D eigenvalue weighted by Gasteiger charge is 2.28. The molecule has 35 heavy (non-hydrogen) atoms. The molecule has 5 rings (SSSR count). The maximum atomic E-state index is 13.5. The maximum Gasteiger partial charge on any atom is 0.240 e. The van der Waals surface area contributed by atoms with E-state index >= 15 is 0 Å². The van der Waals surface area contributed by atoms with Crippen molar-refractivity contribution >= 4 is 23.4 Å². The Hall–Kier alpha value is -3.65. The molecule has 0 radical (unpaired) electrons. The normalized spacial score (nSPS) is 13.8. The Morgan fingerprint density at radius 2 is 1.83 bits per heavy atom. The number of ether oxygens (including phenoxy) is 1. The van der Waals surface area contributed by atoms with Gasteiger partial charge in [0.05, 0.1) is 11.9 Å². The average molecular weight is 486 g/mol. The molecular formula is C27H27N5O2S. The number of carbonyl (C=O) groups is 1. The number of hydrogen-bond acceptors (Lipinski definition) is 6. The van der Waals surface area contributed by atoms with Crippen LogP contribution in [-0.2, 0) is 11.2 Å². The van der Waals surface area contributed by atoms with Gasteiger partial charge in [0, 0.05) is 35.9 Å². The van der Waals surface area contributed by atoms with Crippen LogP contribution in [0.5, 0.6) is 5.75 Å². The van der Waals surface area contributed by atoms with Gasteiger partial charge in [-0.3, -0.25) is 14.3 Å². The minimum Gasteiger partial charge on any atom is -0.494 e.